The predicted octanol–water partition coefficient (Wildman–Crippen LogP) is 2.72. The summed E-state index contributed by atoms with van der Waals surface area (Å²) in [7, 11) is 1.58. The van der Waals surface area contributed by atoms with E-state index in [1.807, 2.05) is 6.92 Å². The van der Waals surface area contributed by atoms with Gasteiger partial charge in [0.2, 0.25) is 0 Å². The third-order valence-corrected chi connectivity index (χ3v) is 2.43. The number of aliphatic carboxylic acids is 1. The predicted molar refractivity (Wildman–Crippen MR) is 64.6 cm³/mol. The zero-order chi connectivity index (χ0) is 12.7. The van der Waals surface area contributed by atoms with E-state index >= 15 is 0 Å². The standard InChI is InChI=1S/C13H18O4/c1-3-4-5-12(13(14)15)17-11-8-6-10(16-2)7-9-11/h6-9,12H,3-5H2,1-2H3,(H,14,15). The second-order valence-corrected chi connectivity index (χ2v) is 3.76. The lowest BCUT2D eigenvalue weighted by Gasteiger charge is -2.14. The molecule has 4 nitrogen and oxygen atoms in total. The molecule has 1 aromatic rings. The van der Waals surface area contributed by atoms with Gasteiger partial charge in [0.15, 0.2) is 6.10 Å². The number of carbonyl (C=O) groups is 1. The van der Waals surface area contributed by atoms with E-state index < -0.39 is 12.1 Å². The first kappa shape index (κ1) is 13.4. The number of unbranched alkanes of at least 4 members (excludes halogenated alkanes) is 1. The Labute approximate surface area is 101 Å². The maximum absolute atomic E-state index is 11.0. The molecule has 0 amide bonds. The molecule has 0 aliphatic carbocycles. The largest absolute Gasteiger partial charge is 0.497 e. The van der Waals surface area contributed by atoms with Gasteiger partial charge in [-0.2, -0.15) is 0 Å². The molecular formula is C13H18O4. The van der Waals surface area contributed by atoms with Crippen molar-refractivity contribution >= 4 is 5.97 Å². The van der Waals surface area contributed by atoms with E-state index in [2.05, 4.69) is 0 Å². The summed E-state index contributed by atoms with van der Waals surface area (Å²) < 4.78 is 10.4. The second kappa shape index (κ2) is 6.78. The molecule has 1 atom stereocenters. The third-order valence-electron chi connectivity index (χ3n) is 2.43. The fourth-order valence-electron chi connectivity index (χ4n) is 1.44. The molecule has 0 fully saturated rings. The van der Waals surface area contributed by atoms with Crippen LogP contribution in [0.2, 0.25) is 0 Å². The molecule has 0 aromatic heterocycles. The van der Waals surface area contributed by atoms with Gasteiger partial charge in [0.05, 0.1) is 7.11 Å². The Morgan fingerprint density at radius 3 is 2.35 bits per heavy atom. The van der Waals surface area contributed by atoms with Crippen LogP contribution in [0.5, 0.6) is 11.5 Å². The Morgan fingerprint density at radius 2 is 1.88 bits per heavy atom. The summed E-state index contributed by atoms with van der Waals surface area (Å²) in [6.07, 6.45) is 1.55. The van der Waals surface area contributed by atoms with Crippen molar-refractivity contribution in [3.8, 4) is 11.5 Å². The van der Waals surface area contributed by atoms with Gasteiger partial charge in [0.1, 0.15) is 11.5 Å². The lowest BCUT2D eigenvalue weighted by Crippen LogP contribution is -2.26. The van der Waals surface area contributed by atoms with E-state index in [9.17, 15) is 4.79 Å². The van der Waals surface area contributed by atoms with Crippen LogP contribution in [-0.2, 0) is 4.79 Å². The van der Waals surface area contributed by atoms with E-state index in [0.29, 0.717) is 12.2 Å². The minimum Gasteiger partial charge on any atom is -0.497 e. The van der Waals surface area contributed by atoms with Crippen LogP contribution in [0.3, 0.4) is 0 Å². The molecule has 17 heavy (non-hydrogen) atoms. The van der Waals surface area contributed by atoms with Crippen LogP contribution in [0.25, 0.3) is 0 Å². The van der Waals surface area contributed by atoms with Crippen LogP contribution >= 0.6 is 0 Å². The minimum atomic E-state index is -0.922. The van der Waals surface area contributed by atoms with E-state index in [-0.39, 0.29) is 0 Å². The number of carboxylic acid groups (broad SMARTS) is 1. The molecular weight excluding hydrogens is 220 g/mol. The molecule has 1 N–H and O–H groups in total. The molecule has 0 saturated heterocycles. The van der Waals surface area contributed by atoms with Gasteiger partial charge < -0.3 is 14.6 Å². The highest BCUT2D eigenvalue weighted by atomic mass is 16.5. The maximum Gasteiger partial charge on any atom is 0.344 e. The van der Waals surface area contributed by atoms with Gasteiger partial charge in [-0.1, -0.05) is 13.3 Å². The van der Waals surface area contributed by atoms with E-state index in [0.717, 1.165) is 18.6 Å². The fourth-order valence-corrected chi connectivity index (χ4v) is 1.44. The van der Waals surface area contributed by atoms with Crippen LogP contribution in [0.1, 0.15) is 26.2 Å². The molecule has 94 valence electrons. The molecule has 0 aliphatic heterocycles. The molecule has 1 aromatic carbocycles. The molecule has 1 unspecified atom stereocenters. The molecule has 0 saturated carbocycles. The first-order valence-corrected chi connectivity index (χ1v) is 5.71. The average molecular weight is 238 g/mol. The lowest BCUT2D eigenvalue weighted by atomic mass is 10.1. The second-order valence-electron chi connectivity index (χ2n) is 3.76. The summed E-state index contributed by atoms with van der Waals surface area (Å²) in [5, 5.41) is 9.01. The molecule has 0 bridgehead atoms. The molecule has 4 heteroatoms. The van der Waals surface area contributed by atoms with E-state index in [4.69, 9.17) is 14.6 Å². The van der Waals surface area contributed by atoms with Crippen molar-refractivity contribution in [2.45, 2.75) is 32.3 Å². The minimum absolute atomic E-state index is 0.526. The number of hydrogen-bond acceptors (Lipinski definition) is 3. The Kier molecular flexibility index (Phi) is 5.33. The van der Waals surface area contributed by atoms with Crippen molar-refractivity contribution in [2.75, 3.05) is 7.11 Å². The van der Waals surface area contributed by atoms with Crippen LogP contribution in [0.15, 0.2) is 24.3 Å². The number of rotatable bonds is 7. The molecule has 0 spiro atoms. The monoisotopic (exact) mass is 238 g/mol. The van der Waals surface area contributed by atoms with Crippen molar-refractivity contribution in [1.29, 1.82) is 0 Å². The average Bonchev–Trinajstić information content (AvgIpc) is 2.35. The lowest BCUT2D eigenvalue weighted by molar-refractivity contribution is -0.145. The molecule has 0 heterocycles. The Balaban J connectivity index is 2.61. The van der Waals surface area contributed by atoms with Crippen LogP contribution < -0.4 is 9.47 Å². The normalized spacial score (nSPS) is 11.9. The number of methoxy groups -OCH3 is 1. The summed E-state index contributed by atoms with van der Waals surface area (Å²) in [4.78, 5) is 11.0. The van der Waals surface area contributed by atoms with Gasteiger partial charge in [-0.25, -0.2) is 4.79 Å². The van der Waals surface area contributed by atoms with Gasteiger partial charge in [0, 0.05) is 0 Å². The number of hydrogen-bond donors (Lipinski definition) is 1. The van der Waals surface area contributed by atoms with E-state index in [1.54, 1.807) is 31.4 Å². The topological polar surface area (TPSA) is 55.8 Å². The van der Waals surface area contributed by atoms with E-state index in [1.165, 1.54) is 0 Å². The highest BCUT2D eigenvalue weighted by Crippen LogP contribution is 2.19. The Hall–Kier alpha value is -1.71. The van der Waals surface area contributed by atoms with Gasteiger partial charge in [-0.05, 0) is 37.1 Å². The summed E-state index contributed by atoms with van der Waals surface area (Å²) >= 11 is 0. The van der Waals surface area contributed by atoms with Crippen molar-refractivity contribution in [1.82, 2.24) is 0 Å². The molecule has 0 aliphatic rings. The van der Waals surface area contributed by atoms with Gasteiger partial charge >= 0.3 is 5.97 Å². The van der Waals surface area contributed by atoms with Crippen molar-refractivity contribution < 1.29 is 19.4 Å². The maximum atomic E-state index is 11.0. The summed E-state index contributed by atoms with van der Waals surface area (Å²) in [5.74, 6) is 0.348. The quantitative estimate of drug-likeness (QED) is 0.793. The van der Waals surface area contributed by atoms with Crippen molar-refractivity contribution in [3.05, 3.63) is 24.3 Å². The van der Waals surface area contributed by atoms with Crippen molar-refractivity contribution in [3.63, 3.8) is 0 Å². The smallest absolute Gasteiger partial charge is 0.344 e. The third kappa shape index (κ3) is 4.34. The Morgan fingerprint density at radius 1 is 1.29 bits per heavy atom. The zero-order valence-corrected chi connectivity index (χ0v) is 10.2. The zero-order valence-electron chi connectivity index (χ0n) is 10.2. The van der Waals surface area contributed by atoms with Crippen LogP contribution in [0, 0.1) is 0 Å². The SMILES string of the molecule is CCCCC(Oc1ccc(OC)cc1)C(=O)O. The Bertz CT molecular complexity index is 345. The highest BCUT2D eigenvalue weighted by molar-refractivity contribution is 5.72. The molecule has 1 rings (SSSR count). The summed E-state index contributed by atoms with van der Waals surface area (Å²) in [5.41, 5.74) is 0. The van der Waals surface area contributed by atoms with Crippen LogP contribution in [0.4, 0.5) is 0 Å². The number of carboxylic acids is 1. The summed E-state index contributed by atoms with van der Waals surface area (Å²) in [6.45, 7) is 2.02. The number of ether oxygens (including phenoxy) is 2. The van der Waals surface area contributed by atoms with Gasteiger partial charge in [-0.15, -0.1) is 0 Å². The fraction of sp³-hybridized carbons (Fsp3) is 0.462. The summed E-state index contributed by atoms with van der Waals surface area (Å²) in [6, 6.07) is 6.91. The van der Waals surface area contributed by atoms with Crippen molar-refractivity contribution in [2.24, 2.45) is 0 Å². The van der Waals surface area contributed by atoms with Gasteiger partial charge in [0.25, 0.3) is 0 Å². The first-order valence-electron chi connectivity index (χ1n) is 5.71. The number of benzene rings is 1. The first-order chi connectivity index (χ1) is 8.17. The molecule has 0 radical (unpaired) electrons. The van der Waals surface area contributed by atoms with Gasteiger partial charge in [-0.3, -0.25) is 0 Å². The van der Waals surface area contributed by atoms with Crippen LogP contribution in [-0.4, -0.2) is 24.3 Å². The highest BCUT2D eigenvalue weighted by Gasteiger charge is 2.18.